The third-order valence-electron chi connectivity index (χ3n) is 3.47. The minimum Gasteiger partial charge on any atom is -0.481 e. The van der Waals surface area contributed by atoms with Crippen LogP contribution in [-0.4, -0.2) is 18.3 Å². The molecule has 0 aliphatic heterocycles. The normalized spacial score (nSPS) is 11.8. The van der Waals surface area contributed by atoms with Crippen molar-refractivity contribution in [2.24, 2.45) is 0 Å². The van der Waals surface area contributed by atoms with Crippen molar-refractivity contribution in [3.8, 4) is 5.75 Å². The monoisotopic (exact) mass is 315 g/mol. The quantitative estimate of drug-likeness (QED) is 0.829. The van der Waals surface area contributed by atoms with Gasteiger partial charge in [0, 0.05) is 10.6 Å². The summed E-state index contributed by atoms with van der Waals surface area (Å²) in [4.78, 5) is 13.5. The number of hydrogen-bond acceptors (Lipinski definition) is 3. The molecule has 2 aromatic rings. The molecule has 1 N–H and O–H groups in total. The smallest absolute Gasteiger partial charge is 0.265 e. The van der Waals surface area contributed by atoms with E-state index in [-0.39, 0.29) is 5.91 Å². The number of aryl methyl sites for hydroxylation is 2. The molecule has 0 fully saturated rings. The van der Waals surface area contributed by atoms with Gasteiger partial charge in [-0.3, -0.25) is 4.79 Å². The van der Waals surface area contributed by atoms with Crippen molar-refractivity contribution in [1.82, 2.24) is 0 Å². The lowest BCUT2D eigenvalue weighted by atomic mass is 10.1. The average molecular weight is 315 g/mol. The van der Waals surface area contributed by atoms with Crippen LogP contribution in [0.3, 0.4) is 0 Å². The molecule has 3 nitrogen and oxygen atoms in total. The number of carbonyl (C=O) groups is 1. The van der Waals surface area contributed by atoms with Crippen molar-refractivity contribution >= 4 is 23.4 Å². The fraction of sp³-hybridized carbons (Fsp3) is 0.278. The van der Waals surface area contributed by atoms with Crippen LogP contribution in [0.1, 0.15) is 18.1 Å². The average Bonchev–Trinajstić information content (AvgIpc) is 2.51. The van der Waals surface area contributed by atoms with E-state index in [1.54, 1.807) is 18.7 Å². The Bertz CT molecular complexity index is 632. The van der Waals surface area contributed by atoms with Gasteiger partial charge in [-0.25, -0.2) is 0 Å². The first kappa shape index (κ1) is 16.4. The van der Waals surface area contributed by atoms with Gasteiger partial charge in [-0.1, -0.05) is 18.2 Å². The molecule has 0 saturated heterocycles. The van der Waals surface area contributed by atoms with Crippen LogP contribution >= 0.6 is 11.8 Å². The summed E-state index contributed by atoms with van der Waals surface area (Å²) in [5.41, 5.74) is 2.95. The molecule has 22 heavy (non-hydrogen) atoms. The van der Waals surface area contributed by atoms with E-state index < -0.39 is 6.10 Å². The molecule has 1 atom stereocenters. The molecular formula is C18H21NO2S. The lowest BCUT2D eigenvalue weighted by molar-refractivity contribution is -0.122. The molecule has 0 aromatic heterocycles. The van der Waals surface area contributed by atoms with Gasteiger partial charge in [0.15, 0.2) is 6.10 Å². The van der Waals surface area contributed by atoms with Gasteiger partial charge in [-0.05, 0) is 62.4 Å². The molecule has 1 unspecified atom stereocenters. The maximum absolute atomic E-state index is 12.3. The highest BCUT2D eigenvalue weighted by molar-refractivity contribution is 7.98. The Balaban J connectivity index is 2.02. The van der Waals surface area contributed by atoms with Crippen molar-refractivity contribution in [2.75, 3.05) is 11.6 Å². The number of thioether (sulfide) groups is 1. The van der Waals surface area contributed by atoms with Crippen LogP contribution in [-0.2, 0) is 4.79 Å². The number of para-hydroxylation sites is 1. The van der Waals surface area contributed by atoms with Crippen molar-refractivity contribution in [3.63, 3.8) is 0 Å². The lowest BCUT2D eigenvalue weighted by Gasteiger charge is -2.17. The van der Waals surface area contributed by atoms with Crippen molar-refractivity contribution in [3.05, 3.63) is 53.6 Å². The predicted molar refractivity (Wildman–Crippen MR) is 92.9 cm³/mol. The standard InChI is InChI=1S/C18H21NO2S/c1-12-6-5-7-13(2)17(12)19-18(20)14(3)21-15-8-10-16(22-4)11-9-15/h5-11,14H,1-4H3,(H,19,20). The van der Waals surface area contributed by atoms with Crippen LogP contribution in [0.2, 0.25) is 0 Å². The summed E-state index contributed by atoms with van der Waals surface area (Å²) < 4.78 is 5.71. The number of amides is 1. The number of rotatable bonds is 5. The molecule has 1 amide bonds. The van der Waals surface area contributed by atoms with E-state index in [1.807, 2.05) is 62.6 Å². The SMILES string of the molecule is CSc1ccc(OC(C)C(=O)Nc2c(C)cccc2C)cc1. The molecule has 0 aliphatic carbocycles. The summed E-state index contributed by atoms with van der Waals surface area (Å²) >= 11 is 1.67. The van der Waals surface area contributed by atoms with E-state index in [2.05, 4.69) is 5.32 Å². The molecule has 116 valence electrons. The molecule has 0 bridgehead atoms. The summed E-state index contributed by atoms with van der Waals surface area (Å²) in [7, 11) is 0. The first-order chi connectivity index (χ1) is 10.5. The van der Waals surface area contributed by atoms with Gasteiger partial charge in [-0.15, -0.1) is 11.8 Å². The lowest BCUT2D eigenvalue weighted by Crippen LogP contribution is -2.30. The van der Waals surface area contributed by atoms with E-state index in [9.17, 15) is 4.79 Å². The molecule has 0 heterocycles. The number of hydrogen-bond donors (Lipinski definition) is 1. The Morgan fingerprint density at radius 2 is 1.68 bits per heavy atom. The highest BCUT2D eigenvalue weighted by Crippen LogP contribution is 2.22. The summed E-state index contributed by atoms with van der Waals surface area (Å²) in [6.45, 7) is 5.72. The fourth-order valence-electron chi connectivity index (χ4n) is 2.15. The molecule has 4 heteroatoms. The maximum Gasteiger partial charge on any atom is 0.265 e. The van der Waals surface area contributed by atoms with Crippen molar-refractivity contribution in [2.45, 2.75) is 31.8 Å². The second-order valence-electron chi connectivity index (χ2n) is 5.19. The Morgan fingerprint density at radius 1 is 1.09 bits per heavy atom. The Morgan fingerprint density at radius 3 is 2.23 bits per heavy atom. The topological polar surface area (TPSA) is 38.3 Å². The van der Waals surface area contributed by atoms with Gasteiger partial charge in [0.05, 0.1) is 0 Å². The third kappa shape index (κ3) is 4.04. The van der Waals surface area contributed by atoms with Gasteiger partial charge in [0.2, 0.25) is 0 Å². The number of ether oxygens (including phenoxy) is 1. The number of anilines is 1. The summed E-state index contributed by atoms with van der Waals surface area (Å²) in [5.74, 6) is 0.549. The van der Waals surface area contributed by atoms with Gasteiger partial charge in [-0.2, -0.15) is 0 Å². The predicted octanol–water partition coefficient (Wildman–Crippen LogP) is 4.43. The minimum absolute atomic E-state index is 0.147. The zero-order valence-electron chi connectivity index (χ0n) is 13.3. The van der Waals surface area contributed by atoms with Gasteiger partial charge in [0.1, 0.15) is 5.75 Å². The number of carbonyl (C=O) groups excluding carboxylic acids is 1. The zero-order chi connectivity index (χ0) is 16.1. The molecule has 0 saturated carbocycles. The number of nitrogens with one attached hydrogen (secondary N) is 1. The summed E-state index contributed by atoms with van der Waals surface area (Å²) in [6, 6.07) is 13.7. The highest BCUT2D eigenvalue weighted by Gasteiger charge is 2.16. The first-order valence-corrected chi connectivity index (χ1v) is 8.41. The number of benzene rings is 2. The Kier molecular flexibility index (Phi) is 5.50. The fourth-order valence-corrected chi connectivity index (χ4v) is 2.56. The second kappa shape index (κ2) is 7.36. The van der Waals surface area contributed by atoms with Gasteiger partial charge < -0.3 is 10.1 Å². The highest BCUT2D eigenvalue weighted by atomic mass is 32.2. The van der Waals surface area contributed by atoms with Crippen molar-refractivity contribution in [1.29, 1.82) is 0 Å². The Hall–Kier alpha value is -1.94. The molecule has 0 spiro atoms. The molecule has 0 radical (unpaired) electrons. The van der Waals surface area contributed by atoms with E-state index >= 15 is 0 Å². The minimum atomic E-state index is -0.556. The second-order valence-corrected chi connectivity index (χ2v) is 6.07. The van der Waals surface area contributed by atoms with E-state index in [1.165, 1.54) is 4.90 Å². The van der Waals surface area contributed by atoms with Crippen LogP contribution in [0.5, 0.6) is 5.75 Å². The van der Waals surface area contributed by atoms with E-state index in [4.69, 9.17) is 4.74 Å². The molecule has 2 rings (SSSR count). The maximum atomic E-state index is 12.3. The van der Waals surface area contributed by atoms with Gasteiger partial charge in [0.25, 0.3) is 5.91 Å². The largest absolute Gasteiger partial charge is 0.481 e. The van der Waals surface area contributed by atoms with Crippen LogP contribution in [0, 0.1) is 13.8 Å². The van der Waals surface area contributed by atoms with Crippen LogP contribution in [0.25, 0.3) is 0 Å². The summed E-state index contributed by atoms with van der Waals surface area (Å²) in [6.07, 6.45) is 1.47. The first-order valence-electron chi connectivity index (χ1n) is 7.19. The Labute approximate surface area is 136 Å². The molecule has 2 aromatic carbocycles. The summed E-state index contributed by atoms with van der Waals surface area (Å²) in [5, 5.41) is 2.95. The van der Waals surface area contributed by atoms with Gasteiger partial charge >= 0.3 is 0 Å². The van der Waals surface area contributed by atoms with Crippen molar-refractivity contribution < 1.29 is 9.53 Å². The van der Waals surface area contributed by atoms with Crippen LogP contribution < -0.4 is 10.1 Å². The van der Waals surface area contributed by atoms with E-state index in [0.717, 1.165) is 16.8 Å². The molecule has 0 aliphatic rings. The van der Waals surface area contributed by atoms with Crippen LogP contribution in [0.15, 0.2) is 47.4 Å². The third-order valence-corrected chi connectivity index (χ3v) is 4.21. The zero-order valence-corrected chi connectivity index (χ0v) is 14.2. The van der Waals surface area contributed by atoms with E-state index in [0.29, 0.717) is 5.75 Å². The molecular weight excluding hydrogens is 294 g/mol. The van der Waals surface area contributed by atoms with Crippen LogP contribution in [0.4, 0.5) is 5.69 Å².